The Morgan fingerprint density at radius 2 is 2.00 bits per heavy atom. The lowest BCUT2D eigenvalue weighted by molar-refractivity contribution is 0.0912. The first kappa shape index (κ1) is 14.5. The van der Waals surface area contributed by atoms with E-state index in [-0.39, 0.29) is 12.1 Å². The summed E-state index contributed by atoms with van der Waals surface area (Å²) in [5.74, 6) is -1.16. The number of rotatable bonds is 4. The lowest BCUT2D eigenvalue weighted by Crippen LogP contribution is -2.29. The number of aliphatic hydroxyl groups is 1. The average molecular weight is 294 g/mol. The summed E-state index contributed by atoms with van der Waals surface area (Å²) in [6, 6.07) is 12.4. The van der Waals surface area contributed by atoms with Crippen LogP contribution < -0.4 is 5.32 Å². The molecule has 0 radical (unpaired) electrons. The van der Waals surface area contributed by atoms with Gasteiger partial charge in [0.1, 0.15) is 5.82 Å². The van der Waals surface area contributed by atoms with Crippen LogP contribution >= 0.6 is 11.6 Å². The molecule has 0 aliphatic heterocycles. The van der Waals surface area contributed by atoms with E-state index in [0.29, 0.717) is 10.6 Å². The maximum absolute atomic E-state index is 13.4. The van der Waals surface area contributed by atoms with Gasteiger partial charge in [0.05, 0.1) is 11.7 Å². The highest BCUT2D eigenvalue weighted by Gasteiger charge is 2.13. The van der Waals surface area contributed by atoms with Crippen LogP contribution in [-0.4, -0.2) is 17.6 Å². The highest BCUT2D eigenvalue weighted by atomic mass is 35.5. The Kier molecular flexibility index (Phi) is 4.71. The van der Waals surface area contributed by atoms with Crippen molar-refractivity contribution in [3.63, 3.8) is 0 Å². The second kappa shape index (κ2) is 6.50. The van der Waals surface area contributed by atoms with Crippen LogP contribution in [0.15, 0.2) is 48.5 Å². The van der Waals surface area contributed by atoms with E-state index in [2.05, 4.69) is 5.32 Å². The summed E-state index contributed by atoms with van der Waals surface area (Å²) < 4.78 is 13.4. The monoisotopic (exact) mass is 293 g/mol. The van der Waals surface area contributed by atoms with Crippen LogP contribution in [-0.2, 0) is 0 Å². The van der Waals surface area contributed by atoms with Crippen LogP contribution in [0.2, 0.25) is 5.02 Å². The van der Waals surface area contributed by atoms with Crippen molar-refractivity contribution in [2.75, 3.05) is 6.54 Å². The molecule has 2 aromatic rings. The van der Waals surface area contributed by atoms with E-state index in [0.717, 1.165) is 0 Å². The molecule has 2 aromatic carbocycles. The summed E-state index contributed by atoms with van der Waals surface area (Å²) in [4.78, 5) is 11.8. The zero-order valence-electron chi connectivity index (χ0n) is 10.5. The molecule has 0 saturated heterocycles. The number of nitrogens with one attached hydrogen (secondary N) is 1. The van der Waals surface area contributed by atoms with Crippen LogP contribution in [0.1, 0.15) is 22.0 Å². The molecule has 0 bridgehead atoms. The first-order valence-electron chi connectivity index (χ1n) is 6.04. The number of aliphatic hydroxyl groups excluding tert-OH is 1. The van der Waals surface area contributed by atoms with E-state index < -0.39 is 17.8 Å². The van der Waals surface area contributed by atoms with Crippen molar-refractivity contribution in [1.82, 2.24) is 5.32 Å². The molecule has 2 N–H and O–H groups in total. The summed E-state index contributed by atoms with van der Waals surface area (Å²) in [5, 5.41) is 12.9. The Labute approximate surface area is 121 Å². The van der Waals surface area contributed by atoms with Crippen LogP contribution in [0.3, 0.4) is 0 Å². The van der Waals surface area contributed by atoms with Gasteiger partial charge < -0.3 is 10.4 Å². The third-order valence-electron chi connectivity index (χ3n) is 2.81. The molecule has 20 heavy (non-hydrogen) atoms. The third kappa shape index (κ3) is 3.56. The number of benzene rings is 2. The van der Waals surface area contributed by atoms with E-state index in [1.54, 1.807) is 30.3 Å². The van der Waals surface area contributed by atoms with Crippen molar-refractivity contribution >= 4 is 17.5 Å². The number of amides is 1. The van der Waals surface area contributed by atoms with Gasteiger partial charge in [0.15, 0.2) is 0 Å². The number of hydrogen-bond donors (Lipinski definition) is 2. The van der Waals surface area contributed by atoms with Crippen molar-refractivity contribution in [1.29, 1.82) is 0 Å². The normalized spacial score (nSPS) is 11.9. The molecule has 5 heteroatoms. The van der Waals surface area contributed by atoms with Gasteiger partial charge in [-0.05, 0) is 29.8 Å². The van der Waals surface area contributed by atoms with Crippen molar-refractivity contribution in [2.45, 2.75) is 6.10 Å². The molecular weight excluding hydrogens is 281 g/mol. The largest absolute Gasteiger partial charge is 0.387 e. The number of hydrogen-bond acceptors (Lipinski definition) is 2. The molecule has 3 nitrogen and oxygen atoms in total. The number of halogens is 2. The van der Waals surface area contributed by atoms with E-state index in [9.17, 15) is 14.3 Å². The zero-order chi connectivity index (χ0) is 14.5. The fraction of sp³-hybridized carbons (Fsp3) is 0.133. The lowest BCUT2D eigenvalue weighted by atomic mass is 10.1. The minimum atomic E-state index is -0.899. The molecule has 2 rings (SSSR count). The van der Waals surface area contributed by atoms with E-state index in [4.69, 9.17) is 11.6 Å². The van der Waals surface area contributed by atoms with Crippen LogP contribution in [0, 0.1) is 5.82 Å². The molecule has 1 atom stereocenters. The second-order valence-corrected chi connectivity index (χ2v) is 4.70. The van der Waals surface area contributed by atoms with Gasteiger partial charge in [-0.15, -0.1) is 0 Å². The van der Waals surface area contributed by atoms with Gasteiger partial charge in [-0.3, -0.25) is 4.79 Å². The average Bonchev–Trinajstić information content (AvgIpc) is 2.45. The van der Waals surface area contributed by atoms with Gasteiger partial charge in [0.2, 0.25) is 0 Å². The van der Waals surface area contributed by atoms with Gasteiger partial charge in [-0.1, -0.05) is 35.9 Å². The molecule has 0 aliphatic carbocycles. The van der Waals surface area contributed by atoms with Crippen LogP contribution in [0.5, 0.6) is 0 Å². The molecular formula is C15H13ClFNO2. The summed E-state index contributed by atoms with van der Waals surface area (Å²) >= 11 is 5.82. The summed E-state index contributed by atoms with van der Waals surface area (Å²) in [5.41, 5.74) is 0.539. The summed E-state index contributed by atoms with van der Waals surface area (Å²) in [6.45, 7) is -0.0203. The highest BCUT2D eigenvalue weighted by Crippen LogP contribution is 2.17. The van der Waals surface area contributed by atoms with Gasteiger partial charge in [-0.25, -0.2) is 4.39 Å². The second-order valence-electron chi connectivity index (χ2n) is 4.26. The van der Waals surface area contributed by atoms with Gasteiger partial charge in [-0.2, -0.15) is 0 Å². The summed E-state index contributed by atoms with van der Waals surface area (Å²) in [6.07, 6.45) is -0.899. The molecule has 1 unspecified atom stereocenters. The van der Waals surface area contributed by atoms with Crippen molar-refractivity contribution in [3.8, 4) is 0 Å². The fourth-order valence-corrected chi connectivity index (χ4v) is 1.96. The predicted molar refractivity (Wildman–Crippen MR) is 75.1 cm³/mol. The first-order chi connectivity index (χ1) is 9.58. The lowest BCUT2D eigenvalue weighted by Gasteiger charge is -2.12. The van der Waals surface area contributed by atoms with Gasteiger partial charge in [0, 0.05) is 11.6 Å². The van der Waals surface area contributed by atoms with E-state index >= 15 is 0 Å². The van der Waals surface area contributed by atoms with E-state index in [1.807, 2.05) is 0 Å². The Hall–Kier alpha value is -1.91. The Balaban J connectivity index is 1.99. The summed E-state index contributed by atoms with van der Waals surface area (Å²) in [7, 11) is 0. The topological polar surface area (TPSA) is 49.3 Å². The zero-order valence-corrected chi connectivity index (χ0v) is 11.3. The molecule has 0 aromatic heterocycles. The molecule has 104 valence electrons. The van der Waals surface area contributed by atoms with Gasteiger partial charge >= 0.3 is 0 Å². The SMILES string of the molecule is O=C(NCC(O)c1cccc(Cl)c1)c1ccccc1F. The van der Waals surface area contributed by atoms with Crippen LogP contribution in [0.25, 0.3) is 0 Å². The molecule has 1 amide bonds. The minimum absolute atomic E-state index is 0.0203. The van der Waals surface area contributed by atoms with Crippen molar-refractivity contribution in [3.05, 3.63) is 70.5 Å². The molecule has 0 saturated carbocycles. The predicted octanol–water partition coefficient (Wildman–Crippen LogP) is 2.94. The van der Waals surface area contributed by atoms with Crippen molar-refractivity contribution < 1.29 is 14.3 Å². The van der Waals surface area contributed by atoms with Crippen molar-refractivity contribution in [2.24, 2.45) is 0 Å². The molecule has 0 spiro atoms. The van der Waals surface area contributed by atoms with Crippen LogP contribution in [0.4, 0.5) is 4.39 Å². The minimum Gasteiger partial charge on any atom is -0.387 e. The molecule has 0 aliphatic rings. The fourth-order valence-electron chi connectivity index (χ4n) is 1.76. The van der Waals surface area contributed by atoms with E-state index in [1.165, 1.54) is 18.2 Å². The Morgan fingerprint density at radius 1 is 1.25 bits per heavy atom. The standard InChI is InChI=1S/C15H13ClFNO2/c16-11-5-3-4-10(8-11)14(19)9-18-15(20)12-6-1-2-7-13(12)17/h1-8,14,19H,9H2,(H,18,20). The first-order valence-corrected chi connectivity index (χ1v) is 6.42. The third-order valence-corrected chi connectivity index (χ3v) is 3.04. The quantitative estimate of drug-likeness (QED) is 0.910. The maximum atomic E-state index is 13.4. The number of carbonyl (C=O) groups excluding carboxylic acids is 1. The maximum Gasteiger partial charge on any atom is 0.254 e. The molecule has 0 heterocycles. The Bertz CT molecular complexity index is 618. The number of carbonyl (C=O) groups is 1. The smallest absolute Gasteiger partial charge is 0.254 e. The van der Waals surface area contributed by atoms with Gasteiger partial charge in [0.25, 0.3) is 5.91 Å². The Morgan fingerprint density at radius 3 is 2.70 bits per heavy atom. The molecule has 0 fully saturated rings. The highest BCUT2D eigenvalue weighted by molar-refractivity contribution is 6.30.